The Kier molecular flexibility index (Phi) is 6.00. The highest BCUT2D eigenvalue weighted by atomic mass is 32.2. The summed E-state index contributed by atoms with van der Waals surface area (Å²) in [5.74, 6) is -0.603. The summed E-state index contributed by atoms with van der Waals surface area (Å²) in [5, 5.41) is 4.34. The Hall–Kier alpha value is -1.61. The fraction of sp³-hybridized carbons (Fsp3) is 0.333. The molecule has 0 saturated heterocycles. The van der Waals surface area contributed by atoms with E-state index in [2.05, 4.69) is 17.7 Å². The lowest BCUT2D eigenvalue weighted by molar-refractivity contribution is -0.115. The van der Waals surface area contributed by atoms with Gasteiger partial charge in [0.1, 0.15) is 0 Å². The molecule has 0 fully saturated rings. The van der Waals surface area contributed by atoms with Gasteiger partial charge in [0, 0.05) is 12.0 Å². The smallest absolute Gasteiger partial charge is 0.228 e. The van der Waals surface area contributed by atoms with Gasteiger partial charge in [-0.1, -0.05) is 38.3 Å². The summed E-state index contributed by atoms with van der Waals surface area (Å²) in [7, 11) is -0.358. The van der Waals surface area contributed by atoms with E-state index in [1.54, 1.807) is 12.1 Å². The number of thiol groups is 1. The van der Waals surface area contributed by atoms with E-state index in [4.69, 9.17) is 0 Å². The Morgan fingerprint density at radius 3 is 2.24 bits per heavy atom. The van der Waals surface area contributed by atoms with Crippen molar-refractivity contribution in [2.24, 2.45) is 0 Å². The SMILES string of the molecule is CCCCCCC(=O)C(=O)c1ccc([SH]2C=CC=C2)cc1. The fourth-order valence-electron chi connectivity index (χ4n) is 2.28. The number of hydrogen-bond acceptors (Lipinski definition) is 2. The average Bonchev–Trinajstić information content (AvgIpc) is 3.05. The van der Waals surface area contributed by atoms with Gasteiger partial charge >= 0.3 is 0 Å². The van der Waals surface area contributed by atoms with Crippen LogP contribution in [0.15, 0.2) is 52.1 Å². The van der Waals surface area contributed by atoms with Crippen LogP contribution >= 0.6 is 10.9 Å². The van der Waals surface area contributed by atoms with Gasteiger partial charge in [-0.3, -0.25) is 9.59 Å². The van der Waals surface area contributed by atoms with E-state index in [0.717, 1.165) is 25.7 Å². The van der Waals surface area contributed by atoms with Gasteiger partial charge < -0.3 is 0 Å². The van der Waals surface area contributed by atoms with E-state index in [0.29, 0.717) is 12.0 Å². The number of hydrogen-bond donors (Lipinski definition) is 1. The van der Waals surface area contributed by atoms with Gasteiger partial charge in [-0.05, 0) is 46.4 Å². The molecule has 112 valence electrons. The minimum Gasteiger partial charge on any atom is -0.290 e. The molecule has 1 aliphatic heterocycles. The van der Waals surface area contributed by atoms with E-state index in [1.165, 1.54) is 4.90 Å². The molecule has 0 aromatic heterocycles. The van der Waals surface area contributed by atoms with Crippen molar-refractivity contribution < 1.29 is 9.59 Å². The summed E-state index contributed by atoms with van der Waals surface area (Å²) in [6.45, 7) is 2.13. The number of carbonyl (C=O) groups excluding carboxylic acids is 2. The summed E-state index contributed by atoms with van der Waals surface area (Å²) in [5.41, 5.74) is 0.515. The number of rotatable bonds is 8. The molecule has 0 N–H and O–H groups in total. The fourth-order valence-corrected chi connectivity index (χ4v) is 3.79. The molecule has 0 aliphatic carbocycles. The second-order valence-corrected chi connectivity index (χ2v) is 7.13. The first-order chi connectivity index (χ1) is 10.2. The largest absolute Gasteiger partial charge is 0.290 e. The molecule has 0 radical (unpaired) electrons. The molecular weight excluding hydrogens is 280 g/mol. The van der Waals surface area contributed by atoms with Crippen molar-refractivity contribution in [2.45, 2.75) is 43.9 Å². The molecule has 1 aromatic carbocycles. The van der Waals surface area contributed by atoms with Gasteiger partial charge in [-0.2, -0.15) is 10.9 Å². The van der Waals surface area contributed by atoms with Crippen LogP contribution in [0.2, 0.25) is 0 Å². The third-order valence-corrected chi connectivity index (χ3v) is 5.42. The lowest BCUT2D eigenvalue weighted by Crippen LogP contribution is -2.13. The highest BCUT2D eigenvalue weighted by Crippen LogP contribution is 2.41. The summed E-state index contributed by atoms with van der Waals surface area (Å²) < 4.78 is 0. The number of ketones is 2. The molecule has 21 heavy (non-hydrogen) atoms. The van der Waals surface area contributed by atoms with Crippen LogP contribution in [0.25, 0.3) is 0 Å². The van der Waals surface area contributed by atoms with Gasteiger partial charge in [0.25, 0.3) is 0 Å². The topological polar surface area (TPSA) is 34.1 Å². The van der Waals surface area contributed by atoms with E-state index in [1.807, 2.05) is 24.3 Å². The lowest BCUT2D eigenvalue weighted by atomic mass is 10.0. The van der Waals surface area contributed by atoms with Crippen molar-refractivity contribution in [1.82, 2.24) is 0 Å². The maximum absolute atomic E-state index is 12.1. The van der Waals surface area contributed by atoms with E-state index in [9.17, 15) is 9.59 Å². The van der Waals surface area contributed by atoms with Gasteiger partial charge in [-0.25, -0.2) is 0 Å². The average molecular weight is 302 g/mol. The molecule has 0 spiro atoms. The highest BCUT2D eigenvalue weighted by molar-refractivity contribution is 8.22. The zero-order chi connectivity index (χ0) is 15.1. The number of carbonyl (C=O) groups is 2. The van der Waals surface area contributed by atoms with Crippen molar-refractivity contribution in [1.29, 1.82) is 0 Å². The molecule has 0 amide bonds. The van der Waals surface area contributed by atoms with Crippen LogP contribution < -0.4 is 0 Å². The Morgan fingerprint density at radius 1 is 0.952 bits per heavy atom. The molecule has 3 heteroatoms. The number of unbranched alkanes of at least 4 members (excludes halogenated alkanes) is 3. The summed E-state index contributed by atoms with van der Waals surface area (Å²) in [6.07, 6.45) is 8.57. The molecule has 1 aromatic rings. The van der Waals surface area contributed by atoms with Crippen molar-refractivity contribution in [3.05, 3.63) is 52.8 Å². The molecule has 0 atom stereocenters. The van der Waals surface area contributed by atoms with Gasteiger partial charge in [0.05, 0.1) is 0 Å². The highest BCUT2D eigenvalue weighted by Gasteiger charge is 2.15. The number of Topliss-reactive ketones (excluding diaryl/α,β-unsaturated/α-hetero) is 2. The second-order valence-electron chi connectivity index (χ2n) is 5.20. The Labute approximate surface area is 129 Å². The molecule has 2 rings (SSSR count). The summed E-state index contributed by atoms with van der Waals surface area (Å²) in [6, 6.07) is 7.49. The van der Waals surface area contributed by atoms with Crippen molar-refractivity contribution in [3.63, 3.8) is 0 Å². The first kappa shape index (κ1) is 15.8. The van der Waals surface area contributed by atoms with Crippen LogP contribution in [0.1, 0.15) is 49.4 Å². The first-order valence-corrected chi connectivity index (χ1v) is 9.01. The van der Waals surface area contributed by atoms with Crippen LogP contribution in [-0.2, 0) is 4.79 Å². The maximum Gasteiger partial charge on any atom is 0.228 e. The predicted molar refractivity (Wildman–Crippen MR) is 90.1 cm³/mol. The van der Waals surface area contributed by atoms with E-state index < -0.39 is 0 Å². The van der Waals surface area contributed by atoms with Crippen molar-refractivity contribution >= 4 is 22.5 Å². The Morgan fingerprint density at radius 2 is 1.62 bits per heavy atom. The molecule has 0 bridgehead atoms. The van der Waals surface area contributed by atoms with Crippen LogP contribution in [0.4, 0.5) is 0 Å². The molecule has 0 unspecified atom stereocenters. The lowest BCUT2D eigenvalue weighted by Gasteiger charge is -2.10. The first-order valence-electron chi connectivity index (χ1n) is 7.53. The van der Waals surface area contributed by atoms with Gasteiger partial charge in [0.15, 0.2) is 0 Å². The molecule has 1 heterocycles. The third-order valence-electron chi connectivity index (χ3n) is 3.54. The summed E-state index contributed by atoms with van der Waals surface area (Å²) in [4.78, 5) is 25.2. The van der Waals surface area contributed by atoms with Crippen LogP contribution in [0.5, 0.6) is 0 Å². The van der Waals surface area contributed by atoms with Crippen LogP contribution in [-0.4, -0.2) is 11.6 Å². The second kappa shape index (κ2) is 7.99. The normalized spacial score (nSPS) is 14.6. The number of benzene rings is 1. The molecule has 1 aliphatic rings. The Bertz CT molecular complexity index is 543. The van der Waals surface area contributed by atoms with E-state index >= 15 is 0 Å². The van der Waals surface area contributed by atoms with Crippen LogP contribution in [0.3, 0.4) is 0 Å². The van der Waals surface area contributed by atoms with Crippen LogP contribution in [0, 0.1) is 0 Å². The zero-order valence-electron chi connectivity index (χ0n) is 12.4. The van der Waals surface area contributed by atoms with Crippen molar-refractivity contribution in [3.8, 4) is 0 Å². The molecule has 2 nitrogen and oxygen atoms in total. The van der Waals surface area contributed by atoms with Crippen molar-refractivity contribution in [2.75, 3.05) is 0 Å². The zero-order valence-corrected chi connectivity index (χ0v) is 13.3. The quantitative estimate of drug-likeness (QED) is 0.323. The van der Waals surface area contributed by atoms with Gasteiger partial charge in [-0.15, -0.1) is 0 Å². The van der Waals surface area contributed by atoms with Gasteiger partial charge in [0.2, 0.25) is 11.6 Å². The maximum atomic E-state index is 12.1. The summed E-state index contributed by atoms with van der Waals surface area (Å²) >= 11 is 0. The number of allylic oxidation sites excluding steroid dienone is 2. The Balaban J connectivity index is 1.91. The standard InChI is InChI=1S/C18H22O2S/c1-2-3-4-5-8-17(19)18(20)15-9-11-16(12-10-15)21-13-6-7-14-21/h6-7,9-14,21H,2-5,8H2,1H3. The minimum atomic E-state index is -0.358. The third kappa shape index (κ3) is 4.43. The minimum absolute atomic E-state index is 0.259. The predicted octanol–water partition coefficient (Wildman–Crippen LogP) is 4.81. The van der Waals surface area contributed by atoms with E-state index in [-0.39, 0.29) is 22.5 Å². The monoisotopic (exact) mass is 302 g/mol. The molecule has 0 saturated carbocycles. The molecular formula is C18H22O2S.